The van der Waals surface area contributed by atoms with Gasteiger partial charge in [-0.2, -0.15) is 0 Å². The lowest BCUT2D eigenvalue weighted by Gasteiger charge is -2.30. The second-order valence-electron chi connectivity index (χ2n) is 8.55. The van der Waals surface area contributed by atoms with E-state index in [0.29, 0.717) is 28.1 Å². The predicted molar refractivity (Wildman–Crippen MR) is 141 cm³/mol. The summed E-state index contributed by atoms with van der Waals surface area (Å²) in [7, 11) is 0. The summed E-state index contributed by atoms with van der Waals surface area (Å²) in [6.07, 6.45) is 0. The van der Waals surface area contributed by atoms with Gasteiger partial charge in [0.25, 0.3) is 0 Å². The van der Waals surface area contributed by atoms with Crippen molar-refractivity contribution < 1.29 is 14.3 Å². The number of halogens is 1. The first kappa shape index (κ1) is 23.1. The van der Waals surface area contributed by atoms with Crippen molar-refractivity contribution in [1.29, 1.82) is 0 Å². The Bertz CT molecular complexity index is 1520. The van der Waals surface area contributed by atoms with Gasteiger partial charge >= 0.3 is 4.87 Å². The van der Waals surface area contributed by atoms with Gasteiger partial charge in [-0.1, -0.05) is 83.2 Å². The standard InChI is InChI=1S/C27H19ClN2O4S2/c28-16-12-10-15(11-13-16)14-34-19-9-5-4-8-18(19)20-21-23(35-24-22(20)36-27(33)29-24)26(32)30(25(21)31)17-6-2-1-3-7-17/h1-13,20-21,23H,14H2,(H,29,33)/t20-,21-,23+/m0/s1. The van der Waals surface area contributed by atoms with Crippen molar-refractivity contribution in [3.63, 3.8) is 0 Å². The zero-order valence-electron chi connectivity index (χ0n) is 18.7. The second kappa shape index (κ2) is 9.28. The van der Waals surface area contributed by atoms with Gasteiger partial charge in [0.1, 0.15) is 17.6 Å². The van der Waals surface area contributed by atoms with Crippen molar-refractivity contribution in [2.24, 2.45) is 5.92 Å². The van der Waals surface area contributed by atoms with Crippen LogP contribution in [0.5, 0.6) is 5.75 Å². The molecule has 0 bridgehead atoms. The summed E-state index contributed by atoms with van der Waals surface area (Å²) in [5.41, 5.74) is 2.26. The third-order valence-corrected chi connectivity index (χ3v) is 9.05. The first-order chi connectivity index (χ1) is 17.5. The molecule has 1 fully saturated rings. The van der Waals surface area contributed by atoms with Gasteiger partial charge in [-0.15, -0.1) is 0 Å². The zero-order chi connectivity index (χ0) is 24.8. The lowest BCUT2D eigenvalue weighted by atomic mass is 9.82. The van der Waals surface area contributed by atoms with Crippen molar-refractivity contribution in [3.8, 4) is 5.75 Å². The third-order valence-electron chi connectivity index (χ3n) is 6.40. The molecule has 0 spiro atoms. The lowest BCUT2D eigenvalue weighted by Crippen LogP contribution is -2.32. The van der Waals surface area contributed by atoms with E-state index in [2.05, 4.69) is 4.98 Å². The van der Waals surface area contributed by atoms with E-state index in [9.17, 15) is 14.4 Å². The molecule has 2 aliphatic rings. The van der Waals surface area contributed by atoms with E-state index in [4.69, 9.17) is 16.3 Å². The zero-order valence-corrected chi connectivity index (χ0v) is 21.1. The number of imide groups is 1. The first-order valence-corrected chi connectivity index (χ1v) is 13.4. The Morgan fingerprint density at radius 3 is 2.39 bits per heavy atom. The predicted octanol–water partition coefficient (Wildman–Crippen LogP) is 5.46. The second-order valence-corrected chi connectivity index (χ2v) is 11.2. The molecule has 3 atom stereocenters. The number of hydrogen-bond acceptors (Lipinski definition) is 6. The van der Waals surface area contributed by atoms with Crippen LogP contribution < -0.4 is 14.5 Å². The Labute approximate surface area is 219 Å². The van der Waals surface area contributed by atoms with E-state index in [1.165, 1.54) is 16.7 Å². The molecule has 3 aromatic carbocycles. The fourth-order valence-corrected chi connectivity index (χ4v) is 7.43. The number of hydrogen-bond donors (Lipinski definition) is 1. The molecule has 3 heterocycles. The fourth-order valence-electron chi connectivity index (χ4n) is 4.79. The number of nitrogens with one attached hydrogen (secondary N) is 1. The first-order valence-electron chi connectivity index (χ1n) is 11.3. The van der Waals surface area contributed by atoms with Gasteiger partial charge in [0, 0.05) is 21.4 Å². The summed E-state index contributed by atoms with van der Waals surface area (Å²) in [5, 5.41) is 0.636. The highest BCUT2D eigenvalue weighted by molar-refractivity contribution is 8.00. The van der Waals surface area contributed by atoms with E-state index >= 15 is 0 Å². The number of amides is 2. The van der Waals surface area contributed by atoms with Gasteiger partial charge in [0.05, 0.1) is 16.6 Å². The quantitative estimate of drug-likeness (QED) is 0.344. The Hall–Kier alpha value is -3.33. The minimum atomic E-state index is -0.665. The Balaban J connectivity index is 1.42. The van der Waals surface area contributed by atoms with Crippen LogP contribution in [0.1, 0.15) is 21.9 Å². The number of rotatable bonds is 5. The van der Waals surface area contributed by atoms with E-state index < -0.39 is 17.1 Å². The highest BCUT2D eigenvalue weighted by atomic mass is 35.5. The molecule has 1 aromatic heterocycles. The summed E-state index contributed by atoms with van der Waals surface area (Å²) in [5.74, 6) is -1.10. The minimum Gasteiger partial charge on any atom is -0.489 e. The molecule has 36 heavy (non-hydrogen) atoms. The van der Waals surface area contributed by atoms with Crippen LogP contribution in [0.3, 0.4) is 0 Å². The number of thiazole rings is 1. The molecule has 0 unspecified atom stereocenters. The molecule has 9 heteroatoms. The van der Waals surface area contributed by atoms with Crippen LogP contribution >= 0.6 is 34.7 Å². The summed E-state index contributed by atoms with van der Waals surface area (Å²) < 4.78 is 6.22. The minimum absolute atomic E-state index is 0.211. The van der Waals surface area contributed by atoms with Gasteiger partial charge in [0.2, 0.25) is 11.8 Å². The molecule has 2 aliphatic heterocycles. The van der Waals surface area contributed by atoms with E-state index in [1.807, 2.05) is 42.5 Å². The number of ether oxygens (including phenoxy) is 1. The van der Waals surface area contributed by atoms with E-state index in [0.717, 1.165) is 27.3 Å². The maximum absolute atomic E-state index is 13.8. The van der Waals surface area contributed by atoms with Crippen LogP contribution in [0.4, 0.5) is 5.69 Å². The number of nitrogens with zero attached hydrogens (tertiary/aromatic N) is 1. The number of H-pyrrole nitrogens is 1. The van der Waals surface area contributed by atoms with Gasteiger partial charge in [-0.25, -0.2) is 4.90 Å². The number of carbonyl (C=O) groups excluding carboxylic acids is 2. The number of aromatic amines is 1. The van der Waals surface area contributed by atoms with Crippen molar-refractivity contribution in [2.75, 3.05) is 4.90 Å². The van der Waals surface area contributed by atoms with Crippen molar-refractivity contribution >= 4 is 52.2 Å². The SMILES string of the molecule is O=C1[C@H]2[C@H](c3ccccc3OCc3ccc(Cl)cc3)c3sc(=O)[nH]c3S[C@H]2C(=O)N1c1ccccc1. The highest BCUT2D eigenvalue weighted by Crippen LogP contribution is 2.54. The smallest absolute Gasteiger partial charge is 0.305 e. The Morgan fingerprint density at radius 2 is 1.61 bits per heavy atom. The van der Waals surface area contributed by atoms with Crippen LogP contribution in [0.25, 0.3) is 0 Å². The van der Waals surface area contributed by atoms with Crippen molar-refractivity contribution in [2.45, 2.75) is 22.8 Å². The molecule has 6 nitrogen and oxygen atoms in total. The van der Waals surface area contributed by atoms with E-state index in [-0.39, 0.29) is 16.7 Å². The Morgan fingerprint density at radius 1 is 0.889 bits per heavy atom. The van der Waals surface area contributed by atoms with Crippen LogP contribution in [0.2, 0.25) is 5.02 Å². The topological polar surface area (TPSA) is 79.5 Å². The molecule has 4 aromatic rings. The summed E-state index contributed by atoms with van der Waals surface area (Å²) in [6.45, 7) is 0.309. The van der Waals surface area contributed by atoms with Gasteiger partial charge < -0.3 is 9.72 Å². The molecule has 180 valence electrons. The number of carbonyl (C=O) groups is 2. The molecule has 0 aliphatic carbocycles. The largest absolute Gasteiger partial charge is 0.489 e. The number of aromatic nitrogens is 1. The summed E-state index contributed by atoms with van der Waals surface area (Å²) in [6, 6.07) is 23.9. The molecular formula is C27H19ClN2O4S2. The normalized spacial score (nSPS) is 20.8. The molecule has 6 rings (SSSR count). The maximum Gasteiger partial charge on any atom is 0.305 e. The average Bonchev–Trinajstić information content (AvgIpc) is 3.38. The van der Waals surface area contributed by atoms with E-state index in [1.54, 1.807) is 36.4 Å². The lowest BCUT2D eigenvalue weighted by molar-refractivity contribution is -0.122. The maximum atomic E-state index is 13.8. The average molecular weight is 535 g/mol. The molecular weight excluding hydrogens is 516 g/mol. The van der Waals surface area contributed by atoms with Crippen molar-refractivity contribution in [3.05, 3.63) is 110 Å². The van der Waals surface area contributed by atoms with Crippen molar-refractivity contribution in [1.82, 2.24) is 4.98 Å². The van der Waals surface area contributed by atoms with Crippen LogP contribution in [0, 0.1) is 5.92 Å². The monoisotopic (exact) mass is 534 g/mol. The number of thioether (sulfide) groups is 1. The third kappa shape index (κ3) is 3.95. The highest BCUT2D eigenvalue weighted by Gasteiger charge is 2.56. The van der Waals surface area contributed by atoms with Crippen LogP contribution in [-0.4, -0.2) is 22.0 Å². The molecule has 1 N–H and O–H groups in total. The summed E-state index contributed by atoms with van der Waals surface area (Å²) in [4.78, 5) is 44.4. The molecule has 1 saturated heterocycles. The van der Waals surface area contributed by atoms with Gasteiger partial charge in [-0.3, -0.25) is 14.4 Å². The van der Waals surface area contributed by atoms with Gasteiger partial charge in [0.15, 0.2) is 0 Å². The number of fused-ring (bicyclic) bond motifs is 2. The number of para-hydroxylation sites is 2. The van der Waals surface area contributed by atoms with Crippen LogP contribution in [-0.2, 0) is 16.2 Å². The summed E-state index contributed by atoms with van der Waals surface area (Å²) >= 11 is 8.35. The molecule has 0 saturated carbocycles. The Kier molecular flexibility index (Phi) is 5.95. The van der Waals surface area contributed by atoms with Crippen LogP contribution in [0.15, 0.2) is 88.7 Å². The fraction of sp³-hybridized carbons (Fsp3) is 0.148. The number of benzene rings is 3. The number of anilines is 1. The van der Waals surface area contributed by atoms with Gasteiger partial charge in [-0.05, 0) is 35.9 Å². The molecule has 0 radical (unpaired) electrons. The molecule has 2 amide bonds.